The standard InChI is InChI=1S/C19H21N3O3/c1-3-14-6-8-15(9-7-14)19-20-17(25-21-19)10-11-18(23)22(2)13-16-5-4-12-24-16/h4-9,12H,3,10-11,13H2,1-2H3. The van der Waals surface area contributed by atoms with Crippen LogP contribution < -0.4 is 0 Å². The van der Waals surface area contributed by atoms with Crippen molar-refractivity contribution in [2.45, 2.75) is 32.7 Å². The summed E-state index contributed by atoms with van der Waals surface area (Å²) in [5.74, 6) is 1.78. The number of aryl methyl sites for hydroxylation is 2. The molecule has 0 unspecified atom stereocenters. The zero-order valence-corrected chi connectivity index (χ0v) is 14.4. The molecule has 0 bridgehead atoms. The van der Waals surface area contributed by atoms with Crippen molar-refractivity contribution < 1.29 is 13.7 Å². The molecule has 0 saturated heterocycles. The Kier molecular flexibility index (Phi) is 5.28. The summed E-state index contributed by atoms with van der Waals surface area (Å²) in [6.07, 6.45) is 3.32. The number of amides is 1. The van der Waals surface area contributed by atoms with E-state index in [9.17, 15) is 4.79 Å². The molecule has 0 radical (unpaired) electrons. The summed E-state index contributed by atoms with van der Waals surface area (Å²) < 4.78 is 10.5. The average Bonchev–Trinajstić information content (AvgIpc) is 3.31. The second kappa shape index (κ2) is 7.79. The second-order valence-corrected chi connectivity index (χ2v) is 5.89. The smallest absolute Gasteiger partial charge is 0.227 e. The number of aromatic nitrogens is 2. The topological polar surface area (TPSA) is 72.4 Å². The number of furan rings is 1. The number of carbonyl (C=O) groups excluding carboxylic acids is 1. The molecule has 6 heteroatoms. The van der Waals surface area contributed by atoms with Gasteiger partial charge in [-0.3, -0.25) is 4.79 Å². The summed E-state index contributed by atoms with van der Waals surface area (Å²) in [6.45, 7) is 2.56. The molecule has 0 aliphatic heterocycles. The van der Waals surface area contributed by atoms with Crippen molar-refractivity contribution in [1.82, 2.24) is 15.0 Å². The van der Waals surface area contributed by atoms with E-state index in [-0.39, 0.29) is 5.91 Å². The van der Waals surface area contributed by atoms with Crippen LogP contribution in [0.4, 0.5) is 0 Å². The van der Waals surface area contributed by atoms with Gasteiger partial charge in [-0.1, -0.05) is 36.3 Å². The Bertz CT molecular complexity index is 807. The third-order valence-corrected chi connectivity index (χ3v) is 4.04. The van der Waals surface area contributed by atoms with Gasteiger partial charge >= 0.3 is 0 Å². The lowest BCUT2D eigenvalue weighted by Crippen LogP contribution is -2.26. The molecule has 2 aromatic heterocycles. The van der Waals surface area contributed by atoms with Gasteiger partial charge in [0.15, 0.2) is 0 Å². The normalized spacial score (nSPS) is 10.8. The summed E-state index contributed by atoms with van der Waals surface area (Å²) >= 11 is 0. The average molecular weight is 339 g/mol. The Balaban J connectivity index is 1.55. The van der Waals surface area contributed by atoms with Crippen LogP contribution in [-0.2, 0) is 24.2 Å². The predicted octanol–water partition coefficient (Wildman–Crippen LogP) is 3.48. The van der Waals surface area contributed by atoms with E-state index in [1.807, 2.05) is 18.2 Å². The van der Waals surface area contributed by atoms with E-state index in [0.29, 0.717) is 31.1 Å². The highest BCUT2D eigenvalue weighted by molar-refractivity contribution is 5.75. The summed E-state index contributed by atoms with van der Waals surface area (Å²) in [5, 5.41) is 4.00. The summed E-state index contributed by atoms with van der Waals surface area (Å²) in [7, 11) is 1.75. The largest absolute Gasteiger partial charge is 0.467 e. The molecule has 0 N–H and O–H groups in total. The van der Waals surface area contributed by atoms with Crippen molar-refractivity contribution in [3.8, 4) is 11.4 Å². The summed E-state index contributed by atoms with van der Waals surface area (Å²) in [4.78, 5) is 18.2. The van der Waals surface area contributed by atoms with E-state index in [4.69, 9.17) is 8.94 Å². The molecule has 1 amide bonds. The van der Waals surface area contributed by atoms with Crippen LogP contribution in [0.2, 0.25) is 0 Å². The minimum Gasteiger partial charge on any atom is -0.467 e. The molecule has 0 aliphatic rings. The van der Waals surface area contributed by atoms with Crippen LogP contribution in [0.25, 0.3) is 11.4 Å². The Morgan fingerprint density at radius 1 is 1.20 bits per heavy atom. The van der Waals surface area contributed by atoms with Crippen molar-refractivity contribution in [1.29, 1.82) is 0 Å². The van der Waals surface area contributed by atoms with Crippen LogP contribution >= 0.6 is 0 Å². The lowest BCUT2D eigenvalue weighted by molar-refractivity contribution is -0.130. The van der Waals surface area contributed by atoms with E-state index in [1.54, 1.807) is 24.3 Å². The van der Waals surface area contributed by atoms with Crippen LogP contribution in [0.3, 0.4) is 0 Å². The zero-order valence-electron chi connectivity index (χ0n) is 14.4. The van der Waals surface area contributed by atoms with Gasteiger partial charge in [0.05, 0.1) is 12.8 Å². The lowest BCUT2D eigenvalue weighted by Gasteiger charge is -2.14. The maximum Gasteiger partial charge on any atom is 0.227 e. The second-order valence-electron chi connectivity index (χ2n) is 5.89. The third kappa shape index (κ3) is 4.35. The van der Waals surface area contributed by atoms with Crippen molar-refractivity contribution >= 4 is 5.91 Å². The first kappa shape index (κ1) is 17.0. The first-order valence-corrected chi connectivity index (χ1v) is 8.34. The van der Waals surface area contributed by atoms with Gasteiger partial charge in [0.25, 0.3) is 0 Å². The van der Waals surface area contributed by atoms with Crippen LogP contribution in [-0.4, -0.2) is 28.0 Å². The molecule has 6 nitrogen and oxygen atoms in total. The quantitative estimate of drug-likeness (QED) is 0.659. The fourth-order valence-electron chi connectivity index (χ4n) is 2.49. The number of hydrogen-bond acceptors (Lipinski definition) is 5. The van der Waals surface area contributed by atoms with Gasteiger partial charge in [0, 0.05) is 25.5 Å². The minimum absolute atomic E-state index is 0.00319. The highest BCUT2D eigenvalue weighted by Gasteiger charge is 2.14. The van der Waals surface area contributed by atoms with Crippen molar-refractivity contribution in [2.24, 2.45) is 0 Å². The predicted molar refractivity (Wildman–Crippen MR) is 92.6 cm³/mol. The van der Waals surface area contributed by atoms with E-state index in [2.05, 4.69) is 29.2 Å². The van der Waals surface area contributed by atoms with Gasteiger partial charge in [-0.05, 0) is 24.1 Å². The molecule has 0 saturated carbocycles. The minimum atomic E-state index is 0.00319. The van der Waals surface area contributed by atoms with Gasteiger partial charge in [0.2, 0.25) is 17.6 Å². The molecule has 130 valence electrons. The maximum atomic E-state index is 12.2. The fourth-order valence-corrected chi connectivity index (χ4v) is 2.49. The molecule has 0 aliphatic carbocycles. The van der Waals surface area contributed by atoms with Gasteiger partial charge < -0.3 is 13.8 Å². The van der Waals surface area contributed by atoms with Crippen LogP contribution in [0.5, 0.6) is 0 Å². The zero-order chi connectivity index (χ0) is 17.6. The Morgan fingerprint density at radius 2 is 2.00 bits per heavy atom. The molecular formula is C19H21N3O3. The van der Waals surface area contributed by atoms with Gasteiger partial charge in [-0.25, -0.2) is 0 Å². The Hall–Kier alpha value is -2.89. The van der Waals surface area contributed by atoms with Gasteiger partial charge in [-0.15, -0.1) is 0 Å². The molecule has 0 fully saturated rings. The van der Waals surface area contributed by atoms with E-state index in [0.717, 1.165) is 17.7 Å². The van der Waals surface area contributed by atoms with Crippen LogP contribution in [0, 0.1) is 0 Å². The summed E-state index contributed by atoms with van der Waals surface area (Å²) in [5.41, 5.74) is 2.17. The van der Waals surface area contributed by atoms with E-state index >= 15 is 0 Å². The van der Waals surface area contributed by atoms with E-state index in [1.165, 1.54) is 5.56 Å². The van der Waals surface area contributed by atoms with Crippen molar-refractivity contribution in [3.05, 3.63) is 59.9 Å². The molecule has 25 heavy (non-hydrogen) atoms. The fraction of sp³-hybridized carbons (Fsp3) is 0.316. The number of benzene rings is 1. The van der Waals surface area contributed by atoms with Crippen LogP contribution in [0.1, 0.15) is 30.6 Å². The highest BCUT2D eigenvalue weighted by Crippen LogP contribution is 2.17. The molecule has 3 rings (SSSR count). The molecular weight excluding hydrogens is 318 g/mol. The van der Waals surface area contributed by atoms with Gasteiger partial charge in [0.1, 0.15) is 5.76 Å². The number of hydrogen-bond donors (Lipinski definition) is 0. The van der Waals surface area contributed by atoms with Crippen LogP contribution in [0.15, 0.2) is 51.6 Å². The monoisotopic (exact) mass is 339 g/mol. The number of rotatable bonds is 7. The molecule has 3 aromatic rings. The SMILES string of the molecule is CCc1ccc(-c2noc(CCC(=O)N(C)Cc3ccco3)n2)cc1. The van der Waals surface area contributed by atoms with Crippen molar-refractivity contribution in [2.75, 3.05) is 7.05 Å². The molecule has 1 aromatic carbocycles. The highest BCUT2D eigenvalue weighted by atomic mass is 16.5. The van der Waals surface area contributed by atoms with E-state index < -0.39 is 0 Å². The number of carbonyl (C=O) groups is 1. The van der Waals surface area contributed by atoms with Gasteiger partial charge in [-0.2, -0.15) is 4.98 Å². The Morgan fingerprint density at radius 3 is 2.68 bits per heavy atom. The lowest BCUT2D eigenvalue weighted by atomic mass is 10.1. The molecule has 2 heterocycles. The first-order valence-electron chi connectivity index (χ1n) is 8.34. The molecule has 0 spiro atoms. The third-order valence-electron chi connectivity index (χ3n) is 4.04. The number of nitrogens with zero attached hydrogens (tertiary/aromatic N) is 3. The summed E-state index contributed by atoms with van der Waals surface area (Å²) in [6, 6.07) is 11.7. The molecule has 0 atom stereocenters. The van der Waals surface area contributed by atoms with Crippen molar-refractivity contribution in [3.63, 3.8) is 0 Å². The maximum absolute atomic E-state index is 12.2. The first-order chi connectivity index (χ1) is 12.2. The Labute approximate surface area is 146 Å².